The SMILES string of the molecule is CC(CN1CCC(n2c(=O)[nH]c3cc(Cl)ccc32)CC1)NC=O.c1ccc(C2CC2)cc1. The van der Waals surface area contributed by atoms with Crippen molar-refractivity contribution in [3.8, 4) is 0 Å². The van der Waals surface area contributed by atoms with Crippen molar-refractivity contribution in [3.63, 3.8) is 0 Å². The number of amides is 1. The van der Waals surface area contributed by atoms with Gasteiger partial charge < -0.3 is 15.2 Å². The average molecular weight is 455 g/mol. The highest BCUT2D eigenvalue weighted by Gasteiger charge is 2.24. The smallest absolute Gasteiger partial charge is 0.326 e. The number of likely N-dealkylation sites (tertiary alicyclic amines) is 1. The Kier molecular flexibility index (Phi) is 7.33. The first-order valence-electron chi connectivity index (χ1n) is 11.4. The number of rotatable bonds is 6. The van der Waals surface area contributed by atoms with Crippen molar-refractivity contribution in [1.82, 2.24) is 19.8 Å². The van der Waals surface area contributed by atoms with Gasteiger partial charge in [0.05, 0.1) is 11.0 Å². The van der Waals surface area contributed by atoms with Crippen LogP contribution in [0.5, 0.6) is 0 Å². The largest absolute Gasteiger partial charge is 0.355 e. The third kappa shape index (κ3) is 5.61. The molecule has 6 nitrogen and oxygen atoms in total. The number of imidazole rings is 1. The van der Waals surface area contributed by atoms with Gasteiger partial charge in [-0.3, -0.25) is 9.36 Å². The van der Waals surface area contributed by atoms with E-state index >= 15 is 0 Å². The molecular weight excluding hydrogens is 424 g/mol. The summed E-state index contributed by atoms with van der Waals surface area (Å²) in [6.07, 6.45) is 5.40. The maximum absolute atomic E-state index is 12.3. The van der Waals surface area contributed by atoms with Crippen LogP contribution < -0.4 is 11.0 Å². The summed E-state index contributed by atoms with van der Waals surface area (Å²) in [7, 11) is 0. The molecule has 3 aromatic rings. The zero-order valence-corrected chi connectivity index (χ0v) is 19.2. The van der Waals surface area contributed by atoms with E-state index in [9.17, 15) is 9.59 Å². The van der Waals surface area contributed by atoms with Crippen molar-refractivity contribution >= 4 is 29.0 Å². The molecule has 5 rings (SSSR count). The minimum atomic E-state index is -0.0725. The molecule has 1 aliphatic carbocycles. The number of aromatic amines is 1. The second-order valence-corrected chi connectivity index (χ2v) is 9.30. The molecule has 1 atom stereocenters. The summed E-state index contributed by atoms with van der Waals surface area (Å²) < 4.78 is 1.86. The van der Waals surface area contributed by atoms with Crippen LogP contribution in [-0.2, 0) is 4.79 Å². The molecule has 1 aromatic heterocycles. The van der Waals surface area contributed by atoms with Crippen LogP contribution in [0.1, 0.15) is 50.1 Å². The predicted octanol–water partition coefficient (Wildman–Crippen LogP) is 4.32. The Hall–Kier alpha value is -2.57. The maximum atomic E-state index is 12.3. The molecule has 1 saturated carbocycles. The molecule has 0 spiro atoms. The van der Waals surface area contributed by atoms with Crippen LogP contribution in [0.15, 0.2) is 53.3 Å². The lowest BCUT2D eigenvalue weighted by Crippen LogP contribution is -2.43. The molecule has 1 unspecified atom stereocenters. The Balaban J connectivity index is 0.000000225. The number of carbonyl (C=O) groups excluding carboxylic acids is 1. The Labute approximate surface area is 193 Å². The first-order chi connectivity index (χ1) is 15.5. The number of carbonyl (C=O) groups is 1. The van der Waals surface area contributed by atoms with Crippen LogP contribution in [0.25, 0.3) is 11.0 Å². The summed E-state index contributed by atoms with van der Waals surface area (Å²) in [6.45, 7) is 4.67. The van der Waals surface area contributed by atoms with Gasteiger partial charge in [-0.15, -0.1) is 0 Å². The normalized spacial score (nSPS) is 18.1. The van der Waals surface area contributed by atoms with Crippen molar-refractivity contribution in [2.75, 3.05) is 19.6 Å². The fourth-order valence-electron chi connectivity index (χ4n) is 4.52. The Morgan fingerprint density at radius 3 is 2.50 bits per heavy atom. The molecule has 2 aliphatic rings. The molecule has 170 valence electrons. The van der Waals surface area contributed by atoms with Gasteiger partial charge in [0.1, 0.15) is 0 Å². The minimum absolute atomic E-state index is 0.0725. The standard InChI is InChI=1S/C16H21ClN4O2.C9H10/c1-11(18-10-22)9-20-6-4-13(5-7-20)21-15-3-2-12(17)8-14(15)19-16(21)23;1-2-4-8(5-3-1)9-6-7-9/h2-3,8,10-11,13H,4-7,9H2,1H3,(H,18,22)(H,19,23);1-5,9H,6-7H2. The molecule has 1 aliphatic heterocycles. The van der Waals surface area contributed by atoms with Gasteiger partial charge in [0, 0.05) is 36.7 Å². The Morgan fingerprint density at radius 2 is 1.84 bits per heavy atom. The number of aromatic nitrogens is 2. The van der Waals surface area contributed by atoms with E-state index in [2.05, 4.69) is 45.5 Å². The van der Waals surface area contributed by atoms with E-state index in [0.717, 1.165) is 55.8 Å². The summed E-state index contributed by atoms with van der Waals surface area (Å²) >= 11 is 5.99. The van der Waals surface area contributed by atoms with Gasteiger partial charge in [0.25, 0.3) is 0 Å². The minimum Gasteiger partial charge on any atom is -0.355 e. The van der Waals surface area contributed by atoms with E-state index in [0.29, 0.717) is 5.02 Å². The fourth-order valence-corrected chi connectivity index (χ4v) is 4.70. The quantitative estimate of drug-likeness (QED) is 0.545. The van der Waals surface area contributed by atoms with Crippen molar-refractivity contribution in [3.05, 3.63) is 69.6 Å². The summed E-state index contributed by atoms with van der Waals surface area (Å²) in [4.78, 5) is 28.0. The second kappa shape index (κ2) is 10.4. The molecule has 2 fully saturated rings. The molecule has 32 heavy (non-hydrogen) atoms. The summed E-state index contributed by atoms with van der Waals surface area (Å²) in [5, 5.41) is 3.40. The van der Waals surface area contributed by atoms with Gasteiger partial charge in [-0.2, -0.15) is 0 Å². The Bertz CT molecular complexity index is 1080. The second-order valence-electron chi connectivity index (χ2n) is 8.86. The van der Waals surface area contributed by atoms with Gasteiger partial charge in [0.15, 0.2) is 0 Å². The lowest BCUT2D eigenvalue weighted by Gasteiger charge is -2.33. The first kappa shape index (κ1) is 22.6. The number of hydrogen-bond acceptors (Lipinski definition) is 3. The highest BCUT2D eigenvalue weighted by Crippen LogP contribution is 2.39. The van der Waals surface area contributed by atoms with Gasteiger partial charge in [0.2, 0.25) is 6.41 Å². The summed E-state index contributed by atoms with van der Waals surface area (Å²) in [5.74, 6) is 0.909. The van der Waals surface area contributed by atoms with Crippen LogP contribution in [0.4, 0.5) is 0 Å². The number of H-pyrrole nitrogens is 1. The number of fused-ring (bicyclic) bond motifs is 1. The molecule has 0 bridgehead atoms. The summed E-state index contributed by atoms with van der Waals surface area (Å²) in [6, 6.07) is 16.6. The van der Waals surface area contributed by atoms with Crippen LogP contribution in [0.2, 0.25) is 5.02 Å². The third-order valence-corrected chi connectivity index (χ3v) is 6.57. The van der Waals surface area contributed by atoms with Crippen molar-refractivity contribution in [1.29, 1.82) is 0 Å². The number of benzene rings is 2. The number of piperidine rings is 1. The van der Waals surface area contributed by atoms with Gasteiger partial charge >= 0.3 is 5.69 Å². The molecule has 2 heterocycles. The lowest BCUT2D eigenvalue weighted by molar-refractivity contribution is -0.110. The van der Waals surface area contributed by atoms with E-state index < -0.39 is 0 Å². The number of hydrogen-bond donors (Lipinski definition) is 2. The third-order valence-electron chi connectivity index (χ3n) is 6.33. The van der Waals surface area contributed by atoms with Gasteiger partial charge in [-0.1, -0.05) is 41.9 Å². The van der Waals surface area contributed by atoms with E-state index in [1.165, 1.54) is 18.4 Å². The molecule has 2 N–H and O–H groups in total. The number of halogens is 1. The van der Waals surface area contributed by atoms with E-state index in [-0.39, 0.29) is 17.8 Å². The predicted molar refractivity (Wildman–Crippen MR) is 129 cm³/mol. The van der Waals surface area contributed by atoms with Crippen LogP contribution in [0.3, 0.4) is 0 Å². The topological polar surface area (TPSA) is 70.1 Å². The maximum Gasteiger partial charge on any atom is 0.326 e. The highest BCUT2D eigenvalue weighted by molar-refractivity contribution is 6.31. The molecule has 1 amide bonds. The van der Waals surface area contributed by atoms with E-state index in [1.54, 1.807) is 6.07 Å². The van der Waals surface area contributed by atoms with E-state index in [4.69, 9.17) is 11.6 Å². The Morgan fingerprint density at radius 1 is 1.12 bits per heavy atom. The average Bonchev–Trinajstić information content (AvgIpc) is 3.59. The molecule has 2 aromatic carbocycles. The summed E-state index contributed by atoms with van der Waals surface area (Å²) in [5.41, 5.74) is 3.15. The molecule has 7 heteroatoms. The molecule has 0 radical (unpaired) electrons. The van der Waals surface area contributed by atoms with Gasteiger partial charge in [-0.05, 0) is 62.3 Å². The van der Waals surface area contributed by atoms with Crippen molar-refractivity contribution in [2.24, 2.45) is 0 Å². The zero-order valence-electron chi connectivity index (χ0n) is 18.5. The van der Waals surface area contributed by atoms with Crippen LogP contribution >= 0.6 is 11.6 Å². The van der Waals surface area contributed by atoms with Crippen molar-refractivity contribution < 1.29 is 4.79 Å². The van der Waals surface area contributed by atoms with Crippen LogP contribution in [0, 0.1) is 0 Å². The number of nitrogens with zero attached hydrogens (tertiary/aromatic N) is 2. The fraction of sp³-hybridized carbons (Fsp3) is 0.440. The molecule has 1 saturated heterocycles. The van der Waals surface area contributed by atoms with Crippen molar-refractivity contribution in [2.45, 2.75) is 50.6 Å². The highest BCUT2D eigenvalue weighted by atomic mass is 35.5. The van der Waals surface area contributed by atoms with E-state index in [1.807, 2.05) is 23.6 Å². The van der Waals surface area contributed by atoms with Gasteiger partial charge in [-0.25, -0.2) is 4.79 Å². The number of nitrogens with one attached hydrogen (secondary N) is 2. The molecular formula is C25H31ClN4O2. The zero-order chi connectivity index (χ0) is 22.5. The van der Waals surface area contributed by atoms with Crippen LogP contribution in [-0.4, -0.2) is 46.5 Å². The first-order valence-corrected chi connectivity index (χ1v) is 11.8. The lowest BCUT2D eigenvalue weighted by atomic mass is 10.0. The monoisotopic (exact) mass is 454 g/mol.